The van der Waals surface area contributed by atoms with Gasteiger partial charge in [0.2, 0.25) is 0 Å². The molecule has 0 spiro atoms. The minimum Gasteiger partial charge on any atom is -0.508 e. The molecule has 1 N–H and O–H groups in total. The van der Waals surface area contributed by atoms with Gasteiger partial charge in [-0.3, -0.25) is 0 Å². The van der Waals surface area contributed by atoms with Crippen LogP contribution >= 0.6 is 11.8 Å². The summed E-state index contributed by atoms with van der Waals surface area (Å²) in [5.41, 5.74) is 3.38. The Morgan fingerprint density at radius 1 is 0.773 bits per heavy atom. The number of hydrogen-bond acceptors (Lipinski definition) is 7. The van der Waals surface area contributed by atoms with Crippen LogP contribution < -0.4 is 0 Å². The molecule has 0 saturated carbocycles. The van der Waals surface area contributed by atoms with Gasteiger partial charge in [0.25, 0.3) is 0 Å². The van der Waals surface area contributed by atoms with Crippen LogP contribution in [-0.2, 0) is 36.5 Å². The predicted molar refractivity (Wildman–Crippen MR) is 179 cm³/mol. The predicted octanol–water partition coefficient (Wildman–Crippen LogP) is 8.46. The largest absolute Gasteiger partial charge is 0.508 e. The Morgan fingerprint density at radius 2 is 1.41 bits per heavy atom. The molecule has 246 valence electrons. The summed E-state index contributed by atoms with van der Waals surface area (Å²) in [5, 5.41) is 11.8. The number of aromatic hydroxyl groups is 1. The fraction of sp³-hybridized carbons (Fsp3) is 0.676. The van der Waals surface area contributed by atoms with Crippen LogP contribution in [0.4, 0.5) is 0 Å². The summed E-state index contributed by atoms with van der Waals surface area (Å²) in [6, 6.07) is 14.7. The lowest BCUT2D eigenvalue weighted by Crippen LogP contribution is -2.58. The summed E-state index contributed by atoms with van der Waals surface area (Å²) in [5.74, 6) is 0.230. The van der Waals surface area contributed by atoms with Gasteiger partial charge in [0.05, 0.1) is 6.61 Å². The van der Waals surface area contributed by atoms with Gasteiger partial charge in [-0.15, -0.1) is 11.8 Å². The second kappa shape index (κ2) is 19.1. The van der Waals surface area contributed by atoms with Crippen molar-refractivity contribution in [2.24, 2.45) is 0 Å². The molecule has 0 aliphatic carbocycles. The summed E-state index contributed by atoms with van der Waals surface area (Å²) >= 11 is 1.95. The molecule has 1 fully saturated rings. The fourth-order valence-electron chi connectivity index (χ4n) is 6.00. The number of fused-ring (bicyclic) bond motifs is 1. The number of unbranched alkanes of at least 4 members (excludes halogenated alkanes) is 4. The van der Waals surface area contributed by atoms with Crippen molar-refractivity contribution in [3.63, 3.8) is 0 Å². The monoisotopic (exact) mass is 628 g/mol. The van der Waals surface area contributed by atoms with E-state index < -0.39 is 12.2 Å². The number of phenolic OH excluding ortho intramolecular Hbond substituents is 1. The van der Waals surface area contributed by atoms with E-state index in [1.165, 1.54) is 16.0 Å². The third-order valence-corrected chi connectivity index (χ3v) is 9.88. The molecule has 6 atom stereocenters. The third-order valence-electron chi connectivity index (χ3n) is 8.56. The van der Waals surface area contributed by atoms with E-state index in [4.69, 9.17) is 23.7 Å². The second-order valence-electron chi connectivity index (χ2n) is 12.2. The summed E-state index contributed by atoms with van der Waals surface area (Å²) in [6.07, 6.45) is 8.16. The maximum absolute atomic E-state index is 11.3. The van der Waals surface area contributed by atoms with Gasteiger partial charge >= 0.3 is 0 Å². The van der Waals surface area contributed by atoms with Crippen LogP contribution in [-0.4, -0.2) is 67.8 Å². The Morgan fingerprint density at radius 3 is 2.09 bits per heavy atom. The minimum absolute atomic E-state index is 0.230. The Kier molecular flexibility index (Phi) is 15.3. The molecule has 2 heterocycles. The maximum Gasteiger partial charge on any atom is 0.121 e. The molecule has 0 radical (unpaired) electrons. The van der Waals surface area contributed by atoms with Gasteiger partial charge in [-0.05, 0) is 67.9 Å². The van der Waals surface area contributed by atoms with E-state index >= 15 is 0 Å². The Hall–Kier alpha value is -1.61. The van der Waals surface area contributed by atoms with Crippen molar-refractivity contribution in [1.82, 2.24) is 0 Å². The molecule has 0 aromatic heterocycles. The second-order valence-corrected chi connectivity index (χ2v) is 13.6. The quantitative estimate of drug-likeness (QED) is 0.148. The molecule has 44 heavy (non-hydrogen) atoms. The highest BCUT2D eigenvalue weighted by atomic mass is 32.2. The molecular formula is C37H56O6S. The van der Waals surface area contributed by atoms with E-state index in [-0.39, 0.29) is 24.1 Å². The first-order chi connectivity index (χ1) is 21.6. The number of rotatable bonds is 20. The van der Waals surface area contributed by atoms with E-state index in [1.807, 2.05) is 17.8 Å². The van der Waals surface area contributed by atoms with Gasteiger partial charge in [-0.2, -0.15) is 0 Å². The Balaban J connectivity index is 1.63. The lowest BCUT2D eigenvalue weighted by Gasteiger charge is -2.46. The van der Waals surface area contributed by atoms with Crippen LogP contribution in [0.1, 0.15) is 102 Å². The van der Waals surface area contributed by atoms with Crippen molar-refractivity contribution < 1.29 is 28.8 Å². The molecule has 1 saturated heterocycles. The van der Waals surface area contributed by atoms with Gasteiger partial charge in [-0.25, -0.2) is 0 Å². The van der Waals surface area contributed by atoms with Crippen molar-refractivity contribution in [3.05, 3.63) is 59.2 Å². The topological polar surface area (TPSA) is 66.4 Å². The molecule has 7 heteroatoms. The molecule has 3 unspecified atom stereocenters. The summed E-state index contributed by atoms with van der Waals surface area (Å²) in [4.78, 5) is 1.38. The number of thioether (sulfide) groups is 1. The van der Waals surface area contributed by atoms with Crippen molar-refractivity contribution in [2.75, 3.05) is 33.0 Å². The van der Waals surface area contributed by atoms with Gasteiger partial charge in [0, 0.05) is 42.1 Å². The molecule has 6 nitrogen and oxygen atoms in total. The first-order valence-electron chi connectivity index (χ1n) is 17.2. The summed E-state index contributed by atoms with van der Waals surface area (Å²) < 4.78 is 32.9. The van der Waals surface area contributed by atoms with Crippen LogP contribution in [0.5, 0.6) is 5.75 Å². The zero-order chi connectivity index (χ0) is 31.1. The standard InChI is InChI=1S/C37H56O6S/c1-5-9-19-39-26-32-35(40-20-10-6-2)37(42-22-12-8-4)36(41-21-11-7-3)34(43-32)30-24-27(17-18-31(30)38)23-29-25-28-15-13-14-16-33(28)44-29/h13-18,24,29,32,34-38H,5-12,19-23,25-26H2,1-4H3/t29?,32?,34?,35-,36+,37+/m1/s1. The molecule has 4 rings (SSSR count). The van der Waals surface area contributed by atoms with E-state index in [0.717, 1.165) is 69.8 Å². The molecule has 2 aromatic rings. The zero-order valence-electron chi connectivity index (χ0n) is 27.5. The molecule has 0 amide bonds. The van der Waals surface area contributed by atoms with Gasteiger partial charge in [0.1, 0.15) is 36.3 Å². The molecule has 2 aromatic carbocycles. The highest BCUT2D eigenvalue weighted by Crippen LogP contribution is 2.42. The average Bonchev–Trinajstić information content (AvgIpc) is 3.44. The highest BCUT2D eigenvalue weighted by molar-refractivity contribution is 8.00. The Labute approximate surface area is 270 Å². The maximum atomic E-state index is 11.3. The first kappa shape index (κ1) is 35.2. The van der Waals surface area contributed by atoms with Gasteiger partial charge in [0.15, 0.2) is 0 Å². The van der Waals surface area contributed by atoms with E-state index in [1.54, 1.807) is 0 Å². The number of phenols is 1. The molecule has 0 bridgehead atoms. The van der Waals surface area contributed by atoms with Crippen molar-refractivity contribution in [2.45, 2.75) is 133 Å². The highest BCUT2D eigenvalue weighted by Gasteiger charge is 2.49. The molecular weight excluding hydrogens is 572 g/mol. The van der Waals surface area contributed by atoms with Crippen LogP contribution in [0.2, 0.25) is 0 Å². The summed E-state index contributed by atoms with van der Waals surface area (Å²) in [6.45, 7) is 11.7. The van der Waals surface area contributed by atoms with E-state index in [0.29, 0.717) is 38.3 Å². The summed E-state index contributed by atoms with van der Waals surface area (Å²) in [7, 11) is 0. The van der Waals surface area contributed by atoms with Crippen molar-refractivity contribution >= 4 is 11.8 Å². The van der Waals surface area contributed by atoms with E-state index in [9.17, 15) is 5.11 Å². The number of hydrogen-bond donors (Lipinski definition) is 1. The normalized spacial score (nSPS) is 24.9. The van der Waals surface area contributed by atoms with E-state index in [2.05, 4.69) is 64.1 Å². The smallest absolute Gasteiger partial charge is 0.121 e. The van der Waals surface area contributed by atoms with Crippen molar-refractivity contribution in [1.29, 1.82) is 0 Å². The third kappa shape index (κ3) is 9.94. The minimum atomic E-state index is -0.502. The van der Waals surface area contributed by atoms with Crippen LogP contribution in [0.3, 0.4) is 0 Å². The lowest BCUT2D eigenvalue weighted by molar-refractivity contribution is -0.268. The fourth-order valence-corrected chi connectivity index (χ4v) is 7.36. The van der Waals surface area contributed by atoms with Crippen LogP contribution in [0.15, 0.2) is 47.4 Å². The SMILES string of the molecule is CCCCOCC1OC(c2cc(CC3Cc4ccccc4S3)ccc2O)[C@H](OCCCC)[C@@H](OCCCC)[C@@H]1OCCCC. The number of ether oxygens (including phenoxy) is 5. The van der Waals surface area contributed by atoms with Gasteiger partial charge in [-0.1, -0.05) is 77.6 Å². The zero-order valence-corrected chi connectivity index (χ0v) is 28.3. The lowest BCUT2D eigenvalue weighted by atomic mass is 9.89. The van der Waals surface area contributed by atoms with Gasteiger partial charge < -0.3 is 28.8 Å². The van der Waals surface area contributed by atoms with Crippen molar-refractivity contribution in [3.8, 4) is 5.75 Å². The van der Waals surface area contributed by atoms with Crippen LogP contribution in [0.25, 0.3) is 0 Å². The average molecular weight is 629 g/mol. The molecule has 2 aliphatic heterocycles. The van der Waals surface area contributed by atoms with Crippen LogP contribution in [0, 0.1) is 0 Å². The molecule has 2 aliphatic rings. The first-order valence-corrected chi connectivity index (χ1v) is 18.1. The Bertz CT molecular complexity index is 1070. The number of benzene rings is 2.